The Morgan fingerprint density at radius 1 is 1.50 bits per heavy atom. The SMILES string of the molecule is COc1cccc(C(=O)NC(C)c2nncn2C)c1N. The van der Waals surface area contributed by atoms with Crippen LogP contribution in [0, 0.1) is 0 Å². The quantitative estimate of drug-likeness (QED) is 0.808. The Labute approximate surface area is 116 Å². The van der Waals surface area contributed by atoms with E-state index < -0.39 is 0 Å². The lowest BCUT2D eigenvalue weighted by molar-refractivity contribution is 0.0938. The number of para-hydroxylation sites is 1. The minimum absolute atomic E-state index is 0.277. The Kier molecular flexibility index (Phi) is 3.88. The van der Waals surface area contributed by atoms with E-state index >= 15 is 0 Å². The number of hydrogen-bond donors (Lipinski definition) is 2. The van der Waals surface area contributed by atoms with Crippen LogP contribution in [0.1, 0.15) is 29.1 Å². The van der Waals surface area contributed by atoms with Crippen LogP contribution in [0.3, 0.4) is 0 Å². The lowest BCUT2D eigenvalue weighted by Gasteiger charge is -2.15. The first-order valence-corrected chi connectivity index (χ1v) is 6.11. The fourth-order valence-electron chi connectivity index (χ4n) is 1.94. The number of nitrogens with zero attached hydrogens (tertiary/aromatic N) is 3. The number of rotatable bonds is 4. The number of aromatic nitrogens is 3. The molecule has 1 unspecified atom stereocenters. The van der Waals surface area contributed by atoms with E-state index in [-0.39, 0.29) is 11.9 Å². The summed E-state index contributed by atoms with van der Waals surface area (Å²) in [6, 6.07) is 4.80. The van der Waals surface area contributed by atoms with Gasteiger partial charge in [0.1, 0.15) is 12.1 Å². The maximum Gasteiger partial charge on any atom is 0.254 e. The normalized spacial score (nSPS) is 11.9. The highest BCUT2D eigenvalue weighted by molar-refractivity contribution is 6.00. The summed E-state index contributed by atoms with van der Waals surface area (Å²) in [4.78, 5) is 12.2. The zero-order valence-corrected chi connectivity index (χ0v) is 11.6. The van der Waals surface area contributed by atoms with Gasteiger partial charge >= 0.3 is 0 Å². The summed E-state index contributed by atoms with van der Waals surface area (Å²) in [5.74, 6) is 0.862. The molecule has 2 aromatic rings. The second kappa shape index (κ2) is 5.60. The molecule has 0 spiro atoms. The van der Waals surface area contributed by atoms with Crippen LogP contribution in [0.5, 0.6) is 5.75 Å². The van der Waals surface area contributed by atoms with E-state index in [1.54, 1.807) is 29.1 Å². The Balaban J connectivity index is 2.19. The fraction of sp³-hybridized carbons (Fsp3) is 0.308. The van der Waals surface area contributed by atoms with Gasteiger partial charge in [0, 0.05) is 7.05 Å². The van der Waals surface area contributed by atoms with Crippen molar-refractivity contribution in [1.82, 2.24) is 20.1 Å². The predicted molar refractivity (Wildman–Crippen MR) is 74.3 cm³/mol. The summed E-state index contributed by atoms with van der Waals surface area (Å²) in [6.45, 7) is 1.83. The van der Waals surface area contributed by atoms with E-state index in [0.29, 0.717) is 22.8 Å². The number of carbonyl (C=O) groups is 1. The second-order valence-corrected chi connectivity index (χ2v) is 4.42. The van der Waals surface area contributed by atoms with Crippen LogP contribution in [0.4, 0.5) is 5.69 Å². The van der Waals surface area contributed by atoms with Crippen molar-refractivity contribution in [1.29, 1.82) is 0 Å². The first kappa shape index (κ1) is 13.9. The van der Waals surface area contributed by atoms with Gasteiger partial charge in [-0.3, -0.25) is 4.79 Å². The Hall–Kier alpha value is -2.57. The monoisotopic (exact) mass is 275 g/mol. The van der Waals surface area contributed by atoms with Crippen molar-refractivity contribution in [2.24, 2.45) is 7.05 Å². The second-order valence-electron chi connectivity index (χ2n) is 4.42. The molecule has 3 N–H and O–H groups in total. The lowest BCUT2D eigenvalue weighted by atomic mass is 10.1. The van der Waals surface area contributed by atoms with Gasteiger partial charge < -0.3 is 20.4 Å². The van der Waals surface area contributed by atoms with Crippen LogP contribution < -0.4 is 15.8 Å². The molecule has 0 saturated carbocycles. The third kappa shape index (κ3) is 2.56. The van der Waals surface area contributed by atoms with Crippen LogP contribution in [-0.4, -0.2) is 27.8 Å². The van der Waals surface area contributed by atoms with Crippen LogP contribution in [-0.2, 0) is 7.05 Å². The van der Waals surface area contributed by atoms with Crippen LogP contribution in [0.25, 0.3) is 0 Å². The summed E-state index contributed by atoms with van der Waals surface area (Å²) in [7, 11) is 3.33. The van der Waals surface area contributed by atoms with Gasteiger partial charge in [0.15, 0.2) is 5.82 Å². The van der Waals surface area contributed by atoms with Crippen LogP contribution in [0.15, 0.2) is 24.5 Å². The molecule has 0 aliphatic rings. The molecule has 106 valence electrons. The molecule has 7 heteroatoms. The third-order valence-electron chi connectivity index (χ3n) is 3.01. The molecule has 1 amide bonds. The first-order chi connectivity index (χ1) is 9.54. The number of anilines is 1. The van der Waals surface area contributed by atoms with E-state index in [0.717, 1.165) is 0 Å². The number of aryl methyl sites for hydroxylation is 1. The molecule has 1 heterocycles. The Bertz CT molecular complexity index is 623. The van der Waals surface area contributed by atoms with Gasteiger partial charge in [-0.05, 0) is 19.1 Å². The van der Waals surface area contributed by atoms with E-state index in [1.165, 1.54) is 7.11 Å². The van der Waals surface area contributed by atoms with Gasteiger partial charge in [-0.2, -0.15) is 0 Å². The number of ether oxygens (including phenoxy) is 1. The molecule has 0 aliphatic heterocycles. The fourth-order valence-corrected chi connectivity index (χ4v) is 1.94. The molecule has 0 radical (unpaired) electrons. The third-order valence-corrected chi connectivity index (χ3v) is 3.01. The molecule has 0 saturated heterocycles. The maximum atomic E-state index is 12.2. The van der Waals surface area contributed by atoms with Crippen LogP contribution >= 0.6 is 0 Å². The summed E-state index contributed by atoms with van der Waals surface area (Å²) in [6.07, 6.45) is 1.58. The molecule has 1 aromatic heterocycles. The van der Waals surface area contributed by atoms with E-state index in [1.807, 2.05) is 14.0 Å². The van der Waals surface area contributed by atoms with Crippen molar-refractivity contribution < 1.29 is 9.53 Å². The largest absolute Gasteiger partial charge is 0.495 e. The molecule has 1 aromatic carbocycles. The number of benzene rings is 1. The van der Waals surface area contributed by atoms with Gasteiger partial charge in [-0.15, -0.1) is 10.2 Å². The maximum absolute atomic E-state index is 12.2. The predicted octanol–water partition coefficient (Wildman–Crippen LogP) is 0.897. The molecule has 2 rings (SSSR count). The van der Waals surface area contributed by atoms with Crippen molar-refractivity contribution >= 4 is 11.6 Å². The smallest absolute Gasteiger partial charge is 0.254 e. The molecular weight excluding hydrogens is 258 g/mol. The topological polar surface area (TPSA) is 95.1 Å². The number of nitrogens with two attached hydrogens (primary N) is 1. The number of methoxy groups -OCH3 is 1. The van der Waals surface area contributed by atoms with Crippen molar-refractivity contribution in [3.8, 4) is 5.75 Å². The molecule has 0 bridgehead atoms. The first-order valence-electron chi connectivity index (χ1n) is 6.11. The summed E-state index contributed by atoms with van der Waals surface area (Å²) in [5, 5.41) is 10.6. The number of nitrogens with one attached hydrogen (secondary N) is 1. The van der Waals surface area contributed by atoms with Gasteiger partial charge in [0.25, 0.3) is 5.91 Å². The summed E-state index contributed by atoms with van der Waals surface area (Å²) < 4.78 is 6.85. The number of hydrogen-bond acceptors (Lipinski definition) is 5. The van der Waals surface area contributed by atoms with Gasteiger partial charge in [0.05, 0.1) is 24.4 Å². The van der Waals surface area contributed by atoms with E-state index in [2.05, 4.69) is 15.5 Å². The number of nitrogen functional groups attached to an aromatic ring is 1. The molecular formula is C13H17N5O2. The van der Waals surface area contributed by atoms with Crippen molar-refractivity contribution in [2.45, 2.75) is 13.0 Å². The standard InChI is InChI=1S/C13H17N5O2/c1-8(12-17-15-7-18(12)2)16-13(19)9-5-4-6-10(20-3)11(9)14/h4-8H,14H2,1-3H3,(H,16,19). The van der Waals surface area contributed by atoms with E-state index in [4.69, 9.17) is 10.5 Å². The molecule has 1 atom stereocenters. The van der Waals surface area contributed by atoms with Crippen LogP contribution in [0.2, 0.25) is 0 Å². The minimum Gasteiger partial charge on any atom is -0.495 e. The molecule has 7 nitrogen and oxygen atoms in total. The number of carbonyl (C=O) groups excluding carboxylic acids is 1. The van der Waals surface area contributed by atoms with Gasteiger partial charge in [-0.1, -0.05) is 6.07 Å². The van der Waals surface area contributed by atoms with Gasteiger partial charge in [0.2, 0.25) is 0 Å². The average molecular weight is 275 g/mol. The van der Waals surface area contributed by atoms with E-state index in [9.17, 15) is 4.79 Å². The Morgan fingerprint density at radius 2 is 2.25 bits per heavy atom. The zero-order valence-electron chi connectivity index (χ0n) is 11.6. The molecule has 0 fully saturated rings. The Morgan fingerprint density at radius 3 is 2.85 bits per heavy atom. The van der Waals surface area contributed by atoms with Gasteiger partial charge in [-0.25, -0.2) is 0 Å². The number of amides is 1. The van der Waals surface area contributed by atoms with Crippen molar-refractivity contribution in [3.63, 3.8) is 0 Å². The highest BCUT2D eigenvalue weighted by atomic mass is 16.5. The van der Waals surface area contributed by atoms with Crippen molar-refractivity contribution in [3.05, 3.63) is 35.9 Å². The average Bonchev–Trinajstić information content (AvgIpc) is 2.85. The lowest BCUT2D eigenvalue weighted by Crippen LogP contribution is -2.29. The summed E-state index contributed by atoms with van der Waals surface area (Å²) >= 11 is 0. The minimum atomic E-state index is -0.281. The zero-order chi connectivity index (χ0) is 14.7. The molecule has 20 heavy (non-hydrogen) atoms. The van der Waals surface area contributed by atoms with Crippen molar-refractivity contribution in [2.75, 3.05) is 12.8 Å². The molecule has 0 aliphatic carbocycles. The summed E-state index contributed by atoms with van der Waals surface area (Å²) in [5.41, 5.74) is 6.59. The highest BCUT2D eigenvalue weighted by Crippen LogP contribution is 2.25. The highest BCUT2D eigenvalue weighted by Gasteiger charge is 2.18.